The maximum atomic E-state index is 13.5. The number of benzene rings is 1. The van der Waals surface area contributed by atoms with Crippen LogP contribution in [0.25, 0.3) is 0 Å². The standard InChI is InChI=1S/C25H41N3O5/c1-7-9-11-17-28(23(31)18(3)27-24(32)33-25(4,5)6)21(22(30)26-16-10-8-2)19-12-14-20(29)15-13-19/h12-15,18,21,29H,7-11,16-17H2,1-6H3,(H,26,30)(H,27,32). The van der Waals surface area contributed by atoms with E-state index in [4.69, 9.17) is 4.74 Å². The summed E-state index contributed by atoms with van der Waals surface area (Å²) in [4.78, 5) is 40.5. The first-order chi connectivity index (χ1) is 15.5. The van der Waals surface area contributed by atoms with Crippen LogP contribution in [0.1, 0.15) is 85.3 Å². The number of unbranched alkanes of at least 4 members (excludes halogenated alkanes) is 3. The quantitative estimate of drug-likeness (QED) is 0.401. The van der Waals surface area contributed by atoms with Crippen LogP contribution in [0.15, 0.2) is 24.3 Å². The van der Waals surface area contributed by atoms with Crippen LogP contribution < -0.4 is 10.6 Å². The fraction of sp³-hybridized carbons (Fsp3) is 0.640. The minimum atomic E-state index is -0.885. The number of amides is 3. The van der Waals surface area contributed by atoms with Gasteiger partial charge in [0, 0.05) is 13.1 Å². The molecule has 3 N–H and O–H groups in total. The fourth-order valence-corrected chi connectivity index (χ4v) is 3.31. The molecule has 0 saturated heterocycles. The number of hydrogen-bond donors (Lipinski definition) is 3. The van der Waals surface area contributed by atoms with Crippen LogP contribution in [0.2, 0.25) is 0 Å². The van der Waals surface area contributed by atoms with E-state index in [1.54, 1.807) is 39.8 Å². The fourth-order valence-electron chi connectivity index (χ4n) is 3.31. The highest BCUT2D eigenvalue weighted by Crippen LogP contribution is 2.25. The summed E-state index contributed by atoms with van der Waals surface area (Å²) in [6.07, 6.45) is 3.65. The molecular formula is C25H41N3O5. The number of aromatic hydroxyl groups is 1. The number of ether oxygens (including phenoxy) is 1. The van der Waals surface area contributed by atoms with Crippen LogP contribution in [-0.2, 0) is 14.3 Å². The number of carbonyl (C=O) groups excluding carboxylic acids is 3. The van der Waals surface area contributed by atoms with Gasteiger partial charge in [-0.15, -0.1) is 0 Å². The van der Waals surface area contributed by atoms with Gasteiger partial charge in [0.15, 0.2) is 0 Å². The zero-order valence-corrected chi connectivity index (χ0v) is 20.9. The smallest absolute Gasteiger partial charge is 0.408 e. The first-order valence-corrected chi connectivity index (χ1v) is 11.9. The summed E-state index contributed by atoms with van der Waals surface area (Å²) >= 11 is 0. The first-order valence-electron chi connectivity index (χ1n) is 11.9. The summed E-state index contributed by atoms with van der Waals surface area (Å²) in [6, 6.07) is 4.52. The number of nitrogens with one attached hydrogen (secondary N) is 2. The molecule has 0 aliphatic heterocycles. The molecule has 0 aromatic heterocycles. The van der Waals surface area contributed by atoms with Crippen molar-refractivity contribution in [2.45, 2.75) is 91.3 Å². The monoisotopic (exact) mass is 463 g/mol. The van der Waals surface area contributed by atoms with Crippen molar-refractivity contribution >= 4 is 17.9 Å². The van der Waals surface area contributed by atoms with E-state index in [-0.39, 0.29) is 17.6 Å². The van der Waals surface area contributed by atoms with E-state index in [1.165, 1.54) is 17.0 Å². The Hall–Kier alpha value is -2.77. The van der Waals surface area contributed by atoms with Crippen molar-refractivity contribution in [3.8, 4) is 5.75 Å². The topological polar surface area (TPSA) is 108 Å². The number of rotatable bonds is 12. The third-order valence-electron chi connectivity index (χ3n) is 4.99. The van der Waals surface area contributed by atoms with Gasteiger partial charge in [0.05, 0.1) is 0 Å². The predicted octanol–water partition coefficient (Wildman–Crippen LogP) is 4.28. The highest BCUT2D eigenvalue weighted by Gasteiger charge is 2.34. The van der Waals surface area contributed by atoms with E-state index in [2.05, 4.69) is 17.6 Å². The Balaban J connectivity index is 3.22. The lowest BCUT2D eigenvalue weighted by Crippen LogP contribution is -2.52. The molecule has 1 rings (SSSR count). The highest BCUT2D eigenvalue weighted by atomic mass is 16.6. The van der Waals surface area contributed by atoms with Gasteiger partial charge < -0.3 is 25.4 Å². The molecule has 0 radical (unpaired) electrons. The second kappa shape index (κ2) is 13.7. The molecule has 1 aromatic rings. The van der Waals surface area contributed by atoms with Gasteiger partial charge in [-0.05, 0) is 58.2 Å². The average Bonchev–Trinajstić information content (AvgIpc) is 2.72. The molecule has 3 amide bonds. The Kier molecular flexibility index (Phi) is 11.7. The Morgan fingerprint density at radius 2 is 1.64 bits per heavy atom. The van der Waals surface area contributed by atoms with E-state index >= 15 is 0 Å². The van der Waals surface area contributed by atoms with Crippen molar-refractivity contribution < 1.29 is 24.2 Å². The normalized spacial score (nSPS) is 13.0. The maximum absolute atomic E-state index is 13.5. The molecule has 0 saturated carbocycles. The largest absolute Gasteiger partial charge is 0.508 e. The van der Waals surface area contributed by atoms with Gasteiger partial charge >= 0.3 is 6.09 Å². The number of carbonyl (C=O) groups is 3. The number of phenols is 1. The van der Waals surface area contributed by atoms with Crippen molar-refractivity contribution in [2.24, 2.45) is 0 Å². The van der Waals surface area contributed by atoms with Crippen LogP contribution in [0.3, 0.4) is 0 Å². The summed E-state index contributed by atoms with van der Waals surface area (Å²) in [6.45, 7) is 11.8. The number of hydrogen-bond acceptors (Lipinski definition) is 5. The van der Waals surface area contributed by atoms with Crippen molar-refractivity contribution in [2.75, 3.05) is 13.1 Å². The van der Waals surface area contributed by atoms with Gasteiger partial charge in [0.1, 0.15) is 23.4 Å². The SMILES string of the molecule is CCCCCN(C(=O)C(C)NC(=O)OC(C)(C)C)C(C(=O)NCCCC)c1ccc(O)cc1. The average molecular weight is 464 g/mol. The van der Waals surface area contributed by atoms with Crippen LogP contribution in [-0.4, -0.2) is 52.6 Å². The molecule has 0 aliphatic carbocycles. The molecule has 0 heterocycles. The molecule has 8 heteroatoms. The van der Waals surface area contributed by atoms with E-state index in [0.29, 0.717) is 18.7 Å². The summed E-state index contributed by atoms with van der Waals surface area (Å²) < 4.78 is 5.28. The molecule has 2 unspecified atom stereocenters. The minimum Gasteiger partial charge on any atom is -0.508 e. The molecule has 186 valence electrons. The third-order valence-corrected chi connectivity index (χ3v) is 4.99. The Labute approximate surface area is 198 Å². The summed E-state index contributed by atoms with van der Waals surface area (Å²) in [5.41, 5.74) is -0.0994. The lowest BCUT2D eigenvalue weighted by atomic mass is 10.0. The van der Waals surface area contributed by atoms with E-state index < -0.39 is 23.8 Å². The molecule has 8 nitrogen and oxygen atoms in total. The van der Waals surface area contributed by atoms with Gasteiger partial charge in [-0.25, -0.2) is 4.79 Å². The molecule has 2 atom stereocenters. The summed E-state index contributed by atoms with van der Waals surface area (Å²) in [5.74, 6) is -0.586. The summed E-state index contributed by atoms with van der Waals surface area (Å²) in [5, 5.41) is 15.2. The molecule has 0 bridgehead atoms. The highest BCUT2D eigenvalue weighted by molar-refractivity contribution is 5.92. The zero-order valence-electron chi connectivity index (χ0n) is 20.9. The molecule has 0 spiro atoms. The minimum absolute atomic E-state index is 0.0766. The van der Waals surface area contributed by atoms with E-state index in [9.17, 15) is 19.5 Å². The second-order valence-electron chi connectivity index (χ2n) is 9.25. The van der Waals surface area contributed by atoms with Crippen molar-refractivity contribution in [1.82, 2.24) is 15.5 Å². The Bertz CT molecular complexity index is 758. The number of phenolic OH excluding ortho intramolecular Hbond substituents is 1. The van der Waals surface area contributed by atoms with E-state index in [1.807, 2.05) is 6.92 Å². The van der Waals surface area contributed by atoms with Crippen molar-refractivity contribution in [3.05, 3.63) is 29.8 Å². The van der Waals surface area contributed by atoms with Gasteiger partial charge in [0.25, 0.3) is 0 Å². The van der Waals surface area contributed by atoms with Gasteiger partial charge in [-0.2, -0.15) is 0 Å². The third kappa shape index (κ3) is 10.1. The van der Waals surface area contributed by atoms with E-state index in [0.717, 1.165) is 32.1 Å². The molecule has 0 fully saturated rings. The molecular weight excluding hydrogens is 422 g/mol. The van der Waals surface area contributed by atoms with Crippen molar-refractivity contribution in [1.29, 1.82) is 0 Å². The Morgan fingerprint density at radius 3 is 2.18 bits per heavy atom. The number of nitrogens with zero attached hydrogens (tertiary/aromatic N) is 1. The van der Waals surface area contributed by atoms with Crippen molar-refractivity contribution in [3.63, 3.8) is 0 Å². The molecule has 33 heavy (non-hydrogen) atoms. The van der Waals surface area contributed by atoms with Gasteiger partial charge in [-0.1, -0.05) is 45.2 Å². The van der Waals surface area contributed by atoms with Crippen LogP contribution in [0, 0.1) is 0 Å². The number of alkyl carbamates (subject to hydrolysis) is 1. The lowest BCUT2D eigenvalue weighted by Gasteiger charge is -2.33. The molecule has 1 aromatic carbocycles. The zero-order chi connectivity index (χ0) is 25.0. The van der Waals surface area contributed by atoms with Gasteiger partial charge in [0.2, 0.25) is 11.8 Å². The summed E-state index contributed by atoms with van der Waals surface area (Å²) in [7, 11) is 0. The lowest BCUT2D eigenvalue weighted by molar-refractivity contribution is -0.142. The van der Waals surface area contributed by atoms with Crippen LogP contribution in [0.4, 0.5) is 4.79 Å². The van der Waals surface area contributed by atoms with Crippen LogP contribution in [0.5, 0.6) is 5.75 Å². The second-order valence-corrected chi connectivity index (χ2v) is 9.25. The van der Waals surface area contributed by atoms with Crippen LogP contribution >= 0.6 is 0 Å². The predicted molar refractivity (Wildman–Crippen MR) is 129 cm³/mol. The maximum Gasteiger partial charge on any atom is 0.408 e. The Morgan fingerprint density at radius 1 is 1.03 bits per heavy atom. The van der Waals surface area contributed by atoms with Gasteiger partial charge in [-0.3, -0.25) is 9.59 Å². The molecule has 0 aliphatic rings. The first kappa shape index (κ1) is 28.3.